The van der Waals surface area contributed by atoms with Gasteiger partial charge in [0, 0.05) is 17.5 Å². The van der Waals surface area contributed by atoms with Crippen molar-refractivity contribution < 1.29 is 4.42 Å². The number of hydrogen-bond donors (Lipinski definition) is 1. The average molecular weight is 186 g/mol. The van der Waals surface area contributed by atoms with E-state index in [0.717, 1.165) is 24.2 Å². The number of furan rings is 1. The molecule has 0 aliphatic heterocycles. The molecule has 0 atom stereocenters. The lowest BCUT2D eigenvalue weighted by Crippen LogP contribution is -2.19. The van der Waals surface area contributed by atoms with E-state index in [4.69, 9.17) is 21.8 Å². The third-order valence-corrected chi connectivity index (χ3v) is 2.91. The highest BCUT2D eigenvalue weighted by Crippen LogP contribution is 2.50. The van der Waals surface area contributed by atoms with E-state index < -0.39 is 0 Å². The molecular formula is C9H12ClNO. The van der Waals surface area contributed by atoms with Crippen molar-refractivity contribution in [2.75, 3.05) is 6.54 Å². The minimum atomic E-state index is 0.148. The molecular weight excluding hydrogens is 174 g/mol. The molecule has 0 radical (unpaired) electrons. The summed E-state index contributed by atoms with van der Waals surface area (Å²) in [7, 11) is 0. The average Bonchev–Trinajstić information content (AvgIpc) is 2.74. The van der Waals surface area contributed by atoms with Crippen LogP contribution in [0.5, 0.6) is 0 Å². The molecule has 1 saturated carbocycles. The van der Waals surface area contributed by atoms with Crippen LogP contribution >= 0.6 is 11.6 Å². The first kappa shape index (κ1) is 8.14. The van der Waals surface area contributed by atoms with E-state index in [9.17, 15) is 0 Å². The Labute approximate surface area is 76.7 Å². The van der Waals surface area contributed by atoms with Crippen LogP contribution in [0.15, 0.2) is 10.5 Å². The summed E-state index contributed by atoms with van der Waals surface area (Å²) < 4.78 is 5.25. The highest BCUT2D eigenvalue weighted by Gasteiger charge is 2.45. The summed E-state index contributed by atoms with van der Waals surface area (Å²) in [5.41, 5.74) is 6.93. The standard InChI is InChI=1S/C9H12ClNO/c1-6-4-7(8(10)12-6)9(5-11)2-3-9/h4H,2-3,5,11H2,1H3. The van der Waals surface area contributed by atoms with E-state index in [0.29, 0.717) is 11.8 Å². The number of aryl methyl sites for hydroxylation is 1. The minimum absolute atomic E-state index is 0.148. The van der Waals surface area contributed by atoms with Crippen molar-refractivity contribution in [2.45, 2.75) is 25.2 Å². The van der Waals surface area contributed by atoms with Crippen LogP contribution in [-0.4, -0.2) is 6.54 Å². The van der Waals surface area contributed by atoms with E-state index >= 15 is 0 Å². The van der Waals surface area contributed by atoms with E-state index in [1.165, 1.54) is 0 Å². The van der Waals surface area contributed by atoms with Gasteiger partial charge in [-0.15, -0.1) is 0 Å². The van der Waals surface area contributed by atoms with Crippen molar-refractivity contribution in [3.8, 4) is 0 Å². The van der Waals surface area contributed by atoms with Gasteiger partial charge in [0.25, 0.3) is 0 Å². The van der Waals surface area contributed by atoms with Crippen LogP contribution in [0, 0.1) is 6.92 Å². The number of nitrogens with two attached hydrogens (primary N) is 1. The van der Waals surface area contributed by atoms with Crippen molar-refractivity contribution >= 4 is 11.6 Å². The van der Waals surface area contributed by atoms with Gasteiger partial charge in [0.1, 0.15) is 5.76 Å². The lowest BCUT2D eigenvalue weighted by molar-refractivity contribution is 0.529. The van der Waals surface area contributed by atoms with E-state index in [1.54, 1.807) is 0 Å². The van der Waals surface area contributed by atoms with Gasteiger partial charge in [0.2, 0.25) is 0 Å². The Morgan fingerprint density at radius 2 is 2.33 bits per heavy atom. The Bertz CT molecular complexity index is 301. The molecule has 0 aromatic carbocycles. The lowest BCUT2D eigenvalue weighted by atomic mass is 9.99. The van der Waals surface area contributed by atoms with Crippen LogP contribution in [0.2, 0.25) is 5.22 Å². The first-order valence-corrected chi connectivity index (χ1v) is 4.52. The van der Waals surface area contributed by atoms with Crippen molar-refractivity contribution in [3.63, 3.8) is 0 Å². The quantitative estimate of drug-likeness (QED) is 0.768. The molecule has 2 nitrogen and oxygen atoms in total. The van der Waals surface area contributed by atoms with Crippen LogP contribution in [0.25, 0.3) is 0 Å². The second-order valence-electron chi connectivity index (χ2n) is 3.53. The molecule has 1 heterocycles. The minimum Gasteiger partial charge on any atom is -0.450 e. The zero-order valence-electron chi connectivity index (χ0n) is 7.06. The molecule has 1 fully saturated rings. The summed E-state index contributed by atoms with van der Waals surface area (Å²) in [6.07, 6.45) is 2.28. The summed E-state index contributed by atoms with van der Waals surface area (Å²) in [5.74, 6) is 0.870. The van der Waals surface area contributed by atoms with Gasteiger partial charge in [-0.3, -0.25) is 0 Å². The summed E-state index contributed by atoms with van der Waals surface area (Å²) in [6.45, 7) is 2.58. The topological polar surface area (TPSA) is 39.2 Å². The molecule has 1 aliphatic carbocycles. The van der Waals surface area contributed by atoms with Crippen molar-refractivity contribution in [2.24, 2.45) is 5.73 Å². The van der Waals surface area contributed by atoms with E-state index in [2.05, 4.69) is 0 Å². The largest absolute Gasteiger partial charge is 0.450 e. The molecule has 1 aliphatic rings. The Hall–Kier alpha value is -0.470. The van der Waals surface area contributed by atoms with Gasteiger partial charge in [-0.25, -0.2) is 0 Å². The molecule has 0 unspecified atom stereocenters. The predicted molar refractivity (Wildman–Crippen MR) is 48.4 cm³/mol. The monoisotopic (exact) mass is 185 g/mol. The summed E-state index contributed by atoms with van der Waals surface area (Å²) in [5, 5.41) is 0.524. The van der Waals surface area contributed by atoms with Crippen LogP contribution in [0.4, 0.5) is 0 Å². The molecule has 66 valence electrons. The highest BCUT2D eigenvalue weighted by atomic mass is 35.5. The normalized spacial score (nSPS) is 19.6. The van der Waals surface area contributed by atoms with Crippen molar-refractivity contribution in [1.29, 1.82) is 0 Å². The fourth-order valence-electron chi connectivity index (χ4n) is 1.58. The van der Waals surface area contributed by atoms with Crippen LogP contribution < -0.4 is 5.73 Å². The SMILES string of the molecule is Cc1cc(C2(CN)CC2)c(Cl)o1. The molecule has 12 heavy (non-hydrogen) atoms. The van der Waals surface area contributed by atoms with Crippen LogP contribution in [0.1, 0.15) is 24.2 Å². The molecule has 0 bridgehead atoms. The van der Waals surface area contributed by atoms with Gasteiger partial charge in [-0.05, 0) is 37.4 Å². The maximum atomic E-state index is 5.93. The van der Waals surface area contributed by atoms with Gasteiger partial charge < -0.3 is 10.2 Å². The molecule has 1 aromatic heterocycles. The molecule has 0 amide bonds. The van der Waals surface area contributed by atoms with Gasteiger partial charge in [0.15, 0.2) is 5.22 Å². The second kappa shape index (κ2) is 2.51. The number of hydrogen-bond acceptors (Lipinski definition) is 2. The lowest BCUT2D eigenvalue weighted by Gasteiger charge is -2.08. The Balaban J connectivity index is 2.39. The van der Waals surface area contributed by atoms with Gasteiger partial charge >= 0.3 is 0 Å². The van der Waals surface area contributed by atoms with Gasteiger partial charge in [-0.2, -0.15) is 0 Å². The summed E-state index contributed by atoms with van der Waals surface area (Å²) >= 11 is 5.93. The zero-order valence-corrected chi connectivity index (χ0v) is 7.82. The second-order valence-corrected chi connectivity index (χ2v) is 3.87. The first-order valence-electron chi connectivity index (χ1n) is 4.14. The Morgan fingerprint density at radius 3 is 2.67 bits per heavy atom. The van der Waals surface area contributed by atoms with Crippen LogP contribution in [-0.2, 0) is 5.41 Å². The molecule has 1 aromatic rings. The highest BCUT2D eigenvalue weighted by molar-refractivity contribution is 6.29. The first-order chi connectivity index (χ1) is 5.68. The smallest absolute Gasteiger partial charge is 0.197 e. The maximum absolute atomic E-state index is 5.93. The van der Waals surface area contributed by atoms with Gasteiger partial charge in [0.05, 0.1) is 0 Å². The molecule has 0 spiro atoms. The van der Waals surface area contributed by atoms with Crippen LogP contribution in [0.3, 0.4) is 0 Å². The predicted octanol–water partition coefficient (Wildman–Crippen LogP) is 2.23. The fourth-order valence-corrected chi connectivity index (χ4v) is 1.96. The number of halogens is 1. The Kier molecular flexibility index (Phi) is 1.70. The fraction of sp³-hybridized carbons (Fsp3) is 0.556. The van der Waals surface area contributed by atoms with E-state index in [1.807, 2.05) is 13.0 Å². The van der Waals surface area contributed by atoms with Gasteiger partial charge in [-0.1, -0.05) is 0 Å². The summed E-state index contributed by atoms with van der Waals surface area (Å²) in [4.78, 5) is 0. The molecule has 2 N–H and O–H groups in total. The van der Waals surface area contributed by atoms with Crippen molar-refractivity contribution in [1.82, 2.24) is 0 Å². The molecule has 2 rings (SSSR count). The third-order valence-electron chi connectivity index (χ3n) is 2.63. The molecule has 3 heteroatoms. The maximum Gasteiger partial charge on any atom is 0.197 e. The van der Waals surface area contributed by atoms with E-state index in [-0.39, 0.29) is 5.41 Å². The molecule has 0 saturated heterocycles. The number of rotatable bonds is 2. The Morgan fingerprint density at radius 1 is 1.67 bits per heavy atom. The zero-order chi connectivity index (χ0) is 8.77. The van der Waals surface area contributed by atoms with Crippen molar-refractivity contribution in [3.05, 3.63) is 22.6 Å². The summed E-state index contributed by atoms with van der Waals surface area (Å²) in [6, 6.07) is 2.00. The third kappa shape index (κ3) is 1.06.